The summed E-state index contributed by atoms with van der Waals surface area (Å²) in [4.78, 5) is 14.1. The van der Waals surface area contributed by atoms with E-state index >= 15 is 0 Å². The monoisotopic (exact) mass is 285 g/mol. The molecule has 1 saturated heterocycles. The van der Waals surface area contributed by atoms with Crippen molar-refractivity contribution in [3.63, 3.8) is 0 Å². The van der Waals surface area contributed by atoms with E-state index in [1.165, 1.54) is 6.07 Å². The first-order chi connectivity index (χ1) is 10.3. The fraction of sp³-hybridized carbons (Fsp3) is 0.235. The van der Waals surface area contributed by atoms with Crippen molar-refractivity contribution in [3.05, 3.63) is 59.9 Å². The minimum Gasteiger partial charge on any atom is -0.378 e. The standard InChI is InChI=1S/C17H16FNO2/c18-16-7-6-14(13-4-2-1-3-5-13)12-15(16)17(20)19-8-10-21-11-9-19/h1-7,12H,8-11H2. The van der Waals surface area contributed by atoms with Gasteiger partial charge in [0.1, 0.15) is 5.82 Å². The molecule has 0 saturated carbocycles. The Morgan fingerprint density at radius 3 is 2.43 bits per heavy atom. The Balaban J connectivity index is 1.93. The van der Waals surface area contributed by atoms with Crippen LogP contribution in [0.4, 0.5) is 4.39 Å². The average molecular weight is 285 g/mol. The van der Waals surface area contributed by atoms with Crippen molar-refractivity contribution < 1.29 is 13.9 Å². The molecule has 0 bridgehead atoms. The first-order valence-electron chi connectivity index (χ1n) is 6.98. The molecule has 1 aliphatic heterocycles. The quantitative estimate of drug-likeness (QED) is 0.849. The second kappa shape index (κ2) is 6.06. The van der Waals surface area contributed by atoms with Crippen LogP contribution in [0.25, 0.3) is 11.1 Å². The molecule has 2 aromatic carbocycles. The number of amides is 1. The molecule has 0 aliphatic carbocycles. The normalized spacial score (nSPS) is 15.0. The fourth-order valence-corrected chi connectivity index (χ4v) is 2.44. The van der Waals surface area contributed by atoms with E-state index in [4.69, 9.17) is 4.74 Å². The summed E-state index contributed by atoms with van der Waals surface area (Å²) in [5, 5.41) is 0. The van der Waals surface area contributed by atoms with Crippen LogP contribution in [0.2, 0.25) is 0 Å². The number of ether oxygens (including phenoxy) is 1. The number of hydrogen-bond donors (Lipinski definition) is 0. The maximum Gasteiger partial charge on any atom is 0.257 e. The van der Waals surface area contributed by atoms with Crippen molar-refractivity contribution in [3.8, 4) is 11.1 Å². The summed E-state index contributed by atoms with van der Waals surface area (Å²) in [6.45, 7) is 2.03. The van der Waals surface area contributed by atoms with Crippen LogP contribution < -0.4 is 0 Å². The number of rotatable bonds is 2. The summed E-state index contributed by atoms with van der Waals surface area (Å²) in [7, 11) is 0. The summed E-state index contributed by atoms with van der Waals surface area (Å²) in [6, 6.07) is 14.3. The molecule has 21 heavy (non-hydrogen) atoms. The van der Waals surface area contributed by atoms with Crippen molar-refractivity contribution in [2.45, 2.75) is 0 Å². The third kappa shape index (κ3) is 2.95. The molecule has 2 aromatic rings. The molecular weight excluding hydrogens is 269 g/mol. The lowest BCUT2D eigenvalue weighted by Gasteiger charge is -2.27. The summed E-state index contributed by atoms with van der Waals surface area (Å²) in [5.41, 5.74) is 1.93. The molecule has 0 aromatic heterocycles. The molecule has 3 rings (SSSR count). The molecular formula is C17H16FNO2. The maximum atomic E-state index is 14.0. The number of carbonyl (C=O) groups excluding carboxylic acids is 1. The van der Waals surface area contributed by atoms with Crippen LogP contribution in [0, 0.1) is 5.82 Å². The minimum absolute atomic E-state index is 0.123. The van der Waals surface area contributed by atoms with Crippen molar-refractivity contribution in [2.24, 2.45) is 0 Å². The van der Waals surface area contributed by atoms with E-state index in [9.17, 15) is 9.18 Å². The molecule has 4 heteroatoms. The molecule has 1 amide bonds. The van der Waals surface area contributed by atoms with Crippen molar-refractivity contribution >= 4 is 5.91 Å². The molecule has 1 heterocycles. The Morgan fingerprint density at radius 2 is 1.71 bits per heavy atom. The van der Waals surface area contributed by atoms with Crippen LogP contribution >= 0.6 is 0 Å². The Hall–Kier alpha value is -2.20. The van der Waals surface area contributed by atoms with Gasteiger partial charge in [0.25, 0.3) is 5.91 Å². The molecule has 1 aliphatic rings. The van der Waals surface area contributed by atoms with Crippen molar-refractivity contribution in [2.75, 3.05) is 26.3 Å². The number of nitrogens with zero attached hydrogens (tertiary/aromatic N) is 1. The zero-order valence-corrected chi connectivity index (χ0v) is 11.6. The Bertz CT molecular complexity index is 636. The van der Waals surface area contributed by atoms with E-state index in [2.05, 4.69) is 0 Å². The highest BCUT2D eigenvalue weighted by Gasteiger charge is 2.21. The minimum atomic E-state index is -0.480. The molecule has 108 valence electrons. The van der Waals surface area contributed by atoms with Crippen molar-refractivity contribution in [1.29, 1.82) is 0 Å². The van der Waals surface area contributed by atoms with E-state index in [-0.39, 0.29) is 11.5 Å². The Kier molecular flexibility index (Phi) is 3.97. The van der Waals surface area contributed by atoms with Gasteiger partial charge in [0.15, 0.2) is 0 Å². The van der Waals surface area contributed by atoms with Crippen LogP contribution in [0.5, 0.6) is 0 Å². The molecule has 0 atom stereocenters. The lowest BCUT2D eigenvalue weighted by Crippen LogP contribution is -2.41. The van der Waals surface area contributed by atoms with E-state index < -0.39 is 5.82 Å². The second-order valence-electron chi connectivity index (χ2n) is 4.97. The second-order valence-corrected chi connectivity index (χ2v) is 4.97. The molecule has 0 radical (unpaired) electrons. The first-order valence-corrected chi connectivity index (χ1v) is 6.98. The number of halogens is 1. The van der Waals surface area contributed by atoms with Crippen molar-refractivity contribution in [1.82, 2.24) is 4.90 Å². The molecule has 0 unspecified atom stereocenters. The van der Waals surface area contributed by atoms with E-state index in [0.717, 1.165) is 11.1 Å². The van der Waals surface area contributed by atoms with Gasteiger partial charge in [0.05, 0.1) is 18.8 Å². The van der Waals surface area contributed by atoms with Gasteiger partial charge in [-0.25, -0.2) is 4.39 Å². The average Bonchev–Trinajstić information content (AvgIpc) is 2.56. The van der Waals surface area contributed by atoms with Crippen LogP contribution in [-0.2, 0) is 4.74 Å². The topological polar surface area (TPSA) is 29.5 Å². The highest BCUT2D eigenvalue weighted by atomic mass is 19.1. The van der Waals surface area contributed by atoms with E-state index in [1.807, 2.05) is 30.3 Å². The highest BCUT2D eigenvalue weighted by molar-refractivity contribution is 5.95. The SMILES string of the molecule is O=C(c1cc(-c2ccccc2)ccc1F)N1CCOCC1. The highest BCUT2D eigenvalue weighted by Crippen LogP contribution is 2.23. The van der Waals surface area contributed by atoms with Crippen LogP contribution in [-0.4, -0.2) is 37.1 Å². The largest absolute Gasteiger partial charge is 0.378 e. The van der Waals surface area contributed by atoms with Crippen LogP contribution in [0.1, 0.15) is 10.4 Å². The summed E-state index contributed by atoms with van der Waals surface area (Å²) >= 11 is 0. The summed E-state index contributed by atoms with van der Waals surface area (Å²) in [6.07, 6.45) is 0. The molecule has 3 nitrogen and oxygen atoms in total. The number of morpholine rings is 1. The smallest absolute Gasteiger partial charge is 0.257 e. The Morgan fingerprint density at radius 1 is 1.00 bits per heavy atom. The van der Waals surface area contributed by atoms with Gasteiger partial charge >= 0.3 is 0 Å². The van der Waals surface area contributed by atoms with Gasteiger partial charge in [0.2, 0.25) is 0 Å². The van der Waals surface area contributed by atoms with E-state index in [1.54, 1.807) is 17.0 Å². The number of benzene rings is 2. The van der Waals surface area contributed by atoms with Gasteiger partial charge < -0.3 is 9.64 Å². The predicted molar refractivity (Wildman–Crippen MR) is 78.6 cm³/mol. The van der Waals surface area contributed by atoms with Crippen LogP contribution in [0.15, 0.2) is 48.5 Å². The van der Waals surface area contributed by atoms with Gasteiger partial charge in [-0.15, -0.1) is 0 Å². The Labute approximate surface area is 123 Å². The molecule has 0 spiro atoms. The van der Waals surface area contributed by atoms with Gasteiger partial charge in [-0.1, -0.05) is 36.4 Å². The summed E-state index contributed by atoms with van der Waals surface area (Å²) < 4.78 is 19.2. The third-order valence-electron chi connectivity index (χ3n) is 3.60. The fourth-order valence-electron chi connectivity index (χ4n) is 2.44. The predicted octanol–water partition coefficient (Wildman–Crippen LogP) is 2.97. The van der Waals surface area contributed by atoms with E-state index in [0.29, 0.717) is 26.3 Å². The van der Waals surface area contributed by atoms with Gasteiger partial charge in [-0.3, -0.25) is 4.79 Å². The maximum absolute atomic E-state index is 14.0. The zero-order chi connectivity index (χ0) is 14.7. The number of hydrogen-bond acceptors (Lipinski definition) is 2. The van der Waals surface area contributed by atoms with Gasteiger partial charge in [-0.05, 0) is 23.3 Å². The molecule has 0 N–H and O–H groups in total. The van der Waals surface area contributed by atoms with Gasteiger partial charge in [0, 0.05) is 13.1 Å². The van der Waals surface area contributed by atoms with Gasteiger partial charge in [-0.2, -0.15) is 0 Å². The zero-order valence-electron chi connectivity index (χ0n) is 11.6. The third-order valence-corrected chi connectivity index (χ3v) is 3.60. The summed E-state index contributed by atoms with van der Waals surface area (Å²) in [5.74, 6) is -0.750. The lowest BCUT2D eigenvalue weighted by atomic mass is 10.0. The number of carbonyl (C=O) groups is 1. The van der Waals surface area contributed by atoms with Crippen LogP contribution in [0.3, 0.4) is 0 Å². The lowest BCUT2D eigenvalue weighted by molar-refractivity contribution is 0.0300. The first kappa shape index (κ1) is 13.8. The molecule has 1 fully saturated rings.